The van der Waals surface area contributed by atoms with Crippen molar-refractivity contribution in [3.05, 3.63) is 11.8 Å². The number of esters is 1. The summed E-state index contributed by atoms with van der Waals surface area (Å²) in [5.41, 5.74) is -0.894. The van der Waals surface area contributed by atoms with Gasteiger partial charge in [-0.15, -0.1) is 0 Å². The molecule has 0 unspecified atom stereocenters. The highest BCUT2D eigenvalue weighted by molar-refractivity contribution is 6.45. The molecule has 0 aliphatic carbocycles. The number of carboxylic acids is 1. The van der Waals surface area contributed by atoms with Gasteiger partial charge in [-0.3, -0.25) is 4.79 Å². The van der Waals surface area contributed by atoms with Crippen LogP contribution in [0.5, 0.6) is 0 Å². The van der Waals surface area contributed by atoms with E-state index in [1.54, 1.807) is 0 Å². The van der Waals surface area contributed by atoms with E-state index >= 15 is 0 Å². The predicted octanol–water partition coefficient (Wildman–Crippen LogP) is -0.355. The fraction of sp³-hybridized carbons (Fsp3) is 0.286. The summed E-state index contributed by atoms with van der Waals surface area (Å²) < 4.78 is 4.31. The van der Waals surface area contributed by atoms with E-state index < -0.39 is 23.3 Å². The van der Waals surface area contributed by atoms with E-state index in [4.69, 9.17) is 10.2 Å². The lowest BCUT2D eigenvalue weighted by molar-refractivity contribution is -0.150. The number of carboxylic acid groups (broad SMARTS) is 1. The summed E-state index contributed by atoms with van der Waals surface area (Å²) in [7, 11) is 0. The van der Waals surface area contributed by atoms with Gasteiger partial charge in [-0.25, -0.2) is 9.59 Å². The van der Waals surface area contributed by atoms with Crippen molar-refractivity contribution in [1.29, 1.82) is 0 Å². The maximum Gasteiger partial charge on any atom is 0.377 e. The van der Waals surface area contributed by atoms with E-state index in [2.05, 4.69) is 4.74 Å². The van der Waals surface area contributed by atoms with Gasteiger partial charge in [0.25, 0.3) is 5.78 Å². The maximum atomic E-state index is 10.8. The molecule has 0 atom stereocenters. The molecule has 0 heterocycles. The van der Waals surface area contributed by atoms with Crippen LogP contribution in [-0.2, 0) is 19.1 Å². The van der Waals surface area contributed by atoms with Gasteiger partial charge >= 0.3 is 11.9 Å². The number of carbonyl (C=O) groups is 3. The number of aliphatic hydroxyl groups is 1. The minimum Gasteiger partial charge on any atom is -0.515 e. The fourth-order valence-electron chi connectivity index (χ4n) is 0.528. The third-order valence-corrected chi connectivity index (χ3v) is 1.06. The highest BCUT2D eigenvalue weighted by Crippen LogP contribution is 1.99. The zero-order chi connectivity index (χ0) is 10.4. The standard InChI is InChI=1S/C7H8O6/c1-2-13-7(12)4(3-8)5(9)6(10)11/h3,8H,2H2,1H3,(H,10,11). The number of carbonyl (C=O) groups excluding carboxylic acids is 2. The van der Waals surface area contributed by atoms with Crippen LogP contribution in [0.2, 0.25) is 0 Å². The normalized spacial score (nSPS) is 10.7. The molecule has 0 aromatic rings. The maximum absolute atomic E-state index is 10.8. The lowest BCUT2D eigenvalue weighted by atomic mass is 10.2. The van der Waals surface area contributed by atoms with Crippen LogP contribution in [0, 0.1) is 0 Å². The largest absolute Gasteiger partial charge is 0.515 e. The van der Waals surface area contributed by atoms with Crippen molar-refractivity contribution in [2.45, 2.75) is 6.92 Å². The average molecular weight is 188 g/mol. The van der Waals surface area contributed by atoms with Crippen LogP contribution in [0.3, 0.4) is 0 Å². The first-order valence-corrected chi connectivity index (χ1v) is 3.33. The Labute approximate surface area is 73.4 Å². The van der Waals surface area contributed by atoms with Gasteiger partial charge in [0.1, 0.15) is 5.57 Å². The fourth-order valence-corrected chi connectivity index (χ4v) is 0.528. The molecule has 0 saturated heterocycles. The summed E-state index contributed by atoms with van der Waals surface area (Å²) in [6.45, 7) is 1.47. The molecule has 72 valence electrons. The monoisotopic (exact) mass is 188 g/mol. The number of aliphatic hydroxyl groups excluding tert-OH is 1. The first-order valence-electron chi connectivity index (χ1n) is 3.33. The summed E-state index contributed by atoms with van der Waals surface area (Å²) in [5, 5.41) is 16.6. The van der Waals surface area contributed by atoms with Crippen LogP contribution in [0.25, 0.3) is 0 Å². The van der Waals surface area contributed by atoms with Crippen molar-refractivity contribution in [2.24, 2.45) is 0 Å². The molecule has 0 spiro atoms. The Bertz CT molecular complexity index is 264. The zero-order valence-corrected chi connectivity index (χ0v) is 6.81. The van der Waals surface area contributed by atoms with Crippen molar-refractivity contribution >= 4 is 17.7 Å². The van der Waals surface area contributed by atoms with Crippen LogP contribution >= 0.6 is 0 Å². The van der Waals surface area contributed by atoms with Gasteiger partial charge in [0.15, 0.2) is 0 Å². The Kier molecular flexibility index (Phi) is 4.21. The Morgan fingerprint density at radius 2 is 1.92 bits per heavy atom. The zero-order valence-electron chi connectivity index (χ0n) is 6.81. The highest BCUT2D eigenvalue weighted by Gasteiger charge is 2.25. The number of aliphatic carboxylic acids is 1. The first kappa shape index (κ1) is 11.2. The van der Waals surface area contributed by atoms with E-state index in [0.717, 1.165) is 0 Å². The molecule has 0 saturated carbocycles. The molecule has 0 radical (unpaired) electrons. The van der Waals surface area contributed by atoms with Gasteiger partial charge in [0.05, 0.1) is 12.9 Å². The second-order valence-corrected chi connectivity index (χ2v) is 1.90. The first-order chi connectivity index (χ1) is 6.04. The Morgan fingerprint density at radius 1 is 1.38 bits per heavy atom. The minimum absolute atomic E-state index is 0.0108. The van der Waals surface area contributed by atoms with E-state index in [-0.39, 0.29) is 12.9 Å². The lowest BCUT2D eigenvalue weighted by Gasteiger charge is -2.00. The number of hydrogen-bond acceptors (Lipinski definition) is 5. The van der Waals surface area contributed by atoms with Crippen molar-refractivity contribution in [3.8, 4) is 0 Å². The Balaban J connectivity index is 4.63. The van der Waals surface area contributed by atoms with E-state index in [1.807, 2.05) is 0 Å². The molecule has 0 aromatic heterocycles. The molecular formula is C7H8O6. The van der Waals surface area contributed by atoms with Crippen LogP contribution < -0.4 is 0 Å². The van der Waals surface area contributed by atoms with Gasteiger partial charge in [0, 0.05) is 0 Å². The summed E-state index contributed by atoms with van der Waals surface area (Å²) in [4.78, 5) is 31.5. The third kappa shape index (κ3) is 2.94. The number of Topliss-reactive ketones (excluding diaryl/α,β-unsaturated/α-hetero) is 1. The van der Waals surface area contributed by atoms with Crippen LogP contribution in [0.4, 0.5) is 0 Å². The third-order valence-electron chi connectivity index (χ3n) is 1.06. The van der Waals surface area contributed by atoms with Crippen molar-refractivity contribution in [1.82, 2.24) is 0 Å². The molecule has 0 fully saturated rings. The Morgan fingerprint density at radius 3 is 2.23 bits per heavy atom. The smallest absolute Gasteiger partial charge is 0.377 e. The molecule has 6 nitrogen and oxygen atoms in total. The molecule has 0 aliphatic heterocycles. The number of ether oxygens (including phenoxy) is 1. The number of ketones is 1. The molecule has 0 amide bonds. The van der Waals surface area contributed by atoms with Gasteiger partial charge in [0.2, 0.25) is 0 Å². The quantitative estimate of drug-likeness (QED) is 0.156. The summed E-state index contributed by atoms with van der Waals surface area (Å²) in [5.74, 6) is -4.48. The summed E-state index contributed by atoms with van der Waals surface area (Å²) in [6.07, 6.45) is 0.119. The molecule has 13 heavy (non-hydrogen) atoms. The highest BCUT2D eigenvalue weighted by atomic mass is 16.5. The number of hydrogen-bond donors (Lipinski definition) is 2. The molecule has 2 N–H and O–H groups in total. The van der Waals surface area contributed by atoms with Crippen molar-refractivity contribution in [3.63, 3.8) is 0 Å². The van der Waals surface area contributed by atoms with Crippen molar-refractivity contribution < 1.29 is 29.3 Å². The van der Waals surface area contributed by atoms with Gasteiger partial charge < -0.3 is 14.9 Å². The SMILES string of the molecule is CCOC(=O)C(=CO)C(=O)C(=O)O. The predicted molar refractivity (Wildman–Crippen MR) is 40.0 cm³/mol. The van der Waals surface area contributed by atoms with Gasteiger partial charge in [-0.1, -0.05) is 0 Å². The van der Waals surface area contributed by atoms with E-state index in [1.165, 1.54) is 6.92 Å². The summed E-state index contributed by atoms with van der Waals surface area (Å²) >= 11 is 0. The average Bonchev–Trinajstić information content (AvgIpc) is 2.05. The summed E-state index contributed by atoms with van der Waals surface area (Å²) in [6, 6.07) is 0. The Hall–Kier alpha value is -1.85. The second kappa shape index (κ2) is 4.91. The molecule has 0 aliphatic rings. The topological polar surface area (TPSA) is 101 Å². The molecule has 0 rings (SSSR count). The molecule has 0 bridgehead atoms. The molecular weight excluding hydrogens is 180 g/mol. The van der Waals surface area contributed by atoms with Crippen LogP contribution in [-0.4, -0.2) is 34.5 Å². The van der Waals surface area contributed by atoms with E-state index in [9.17, 15) is 14.4 Å². The van der Waals surface area contributed by atoms with Gasteiger partial charge in [-0.2, -0.15) is 0 Å². The minimum atomic E-state index is -1.83. The molecule has 0 aromatic carbocycles. The lowest BCUT2D eigenvalue weighted by Crippen LogP contribution is -2.22. The second-order valence-electron chi connectivity index (χ2n) is 1.90. The van der Waals surface area contributed by atoms with Crippen LogP contribution in [0.15, 0.2) is 11.8 Å². The van der Waals surface area contributed by atoms with Gasteiger partial charge in [-0.05, 0) is 6.92 Å². The number of rotatable bonds is 4. The van der Waals surface area contributed by atoms with Crippen molar-refractivity contribution in [2.75, 3.05) is 6.61 Å². The van der Waals surface area contributed by atoms with E-state index in [0.29, 0.717) is 0 Å². The molecule has 6 heteroatoms. The van der Waals surface area contributed by atoms with Crippen LogP contribution in [0.1, 0.15) is 6.92 Å².